The molecule has 1 amide bonds. The number of amides is 1. The number of carbonyl (C=O) groups is 1. The first-order chi connectivity index (χ1) is 16.1. The van der Waals surface area contributed by atoms with Crippen molar-refractivity contribution >= 4 is 17.3 Å². The van der Waals surface area contributed by atoms with Crippen molar-refractivity contribution in [2.45, 2.75) is 43.7 Å². The summed E-state index contributed by atoms with van der Waals surface area (Å²) in [5.74, 6) is -1.91. The number of nitrogens with zero attached hydrogens (tertiary/aromatic N) is 1. The van der Waals surface area contributed by atoms with E-state index in [-0.39, 0.29) is 18.3 Å². The average molecular weight is 446 g/mol. The molecule has 3 aromatic rings. The number of para-hydroxylation sites is 1. The van der Waals surface area contributed by atoms with E-state index >= 15 is 0 Å². The Morgan fingerprint density at radius 3 is 2.48 bits per heavy atom. The molecule has 0 aromatic heterocycles. The smallest absolute Gasteiger partial charge is 0.246 e. The summed E-state index contributed by atoms with van der Waals surface area (Å²) in [5, 5.41) is 3.58. The Bertz CT molecular complexity index is 1240. The largest absolute Gasteiger partial charge is 0.491 e. The second kappa shape index (κ2) is 7.58. The highest BCUT2D eigenvalue weighted by Gasteiger charge is 2.57. The molecule has 1 N–H and O–H groups in total. The Morgan fingerprint density at radius 1 is 0.970 bits per heavy atom. The lowest BCUT2D eigenvalue weighted by Gasteiger charge is -2.23. The van der Waals surface area contributed by atoms with Crippen LogP contribution in [0.4, 0.5) is 20.2 Å². The Hall–Kier alpha value is -3.41. The molecule has 6 heteroatoms. The van der Waals surface area contributed by atoms with E-state index in [0.717, 1.165) is 34.6 Å². The molecule has 3 aromatic carbocycles. The van der Waals surface area contributed by atoms with Gasteiger partial charge < -0.3 is 15.0 Å². The first kappa shape index (κ1) is 20.2. The molecule has 33 heavy (non-hydrogen) atoms. The zero-order chi connectivity index (χ0) is 22.6. The van der Waals surface area contributed by atoms with Gasteiger partial charge in [0.15, 0.2) is 11.6 Å². The number of hydrogen-bond acceptors (Lipinski definition) is 3. The minimum atomic E-state index is -1.16. The molecule has 2 heterocycles. The first-order valence-corrected chi connectivity index (χ1v) is 11.5. The maximum Gasteiger partial charge on any atom is 0.246 e. The third-order valence-corrected chi connectivity index (χ3v) is 7.21. The van der Waals surface area contributed by atoms with Crippen molar-refractivity contribution in [2.24, 2.45) is 0 Å². The molecular weight excluding hydrogens is 422 g/mol. The molecule has 4 nitrogen and oxygen atoms in total. The highest BCUT2D eigenvalue weighted by molar-refractivity contribution is 6.11. The minimum Gasteiger partial charge on any atom is -0.491 e. The van der Waals surface area contributed by atoms with Crippen molar-refractivity contribution in [1.82, 2.24) is 0 Å². The van der Waals surface area contributed by atoms with Crippen molar-refractivity contribution in [3.8, 4) is 5.75 Å². The van der Waals surface area contributed by atoms with E-state index in [1.54, 1.807) is 4.90 Å². The van der Waals surface area contributed by atoms with Gasteiger partial charge in [0.1, 0.15) is 17.8 Å². The molecular formula is C27H24F2N2O2. The first-order valence-electron chi connectivity index (χ1n) is 11.5. The van der Waals surface area contributed by atoms with E-state index in [4.69, 9.17) is 4.74 Å². The molecule has 3 aliphatic rings. The van der Waals surface area contributed by atoms with Crippen LogP contribution in [0.15, 0.2) is 60.7 Å². The quantitative estimate of drug-likeness (QED) is 0.572. The van der Waals surface area contributed by atoms with Crippen LogP contribution >= 0.6 is 0 Å². The number of carbonyl (C=O) groups excluding carboxylic acids is 1. The number of rotatable bonds is 4. The highest BCUT2D eigenvalue weighted by Crippen LogP contribution is 2.52. The molecule has 0 bridgehead atoms. The summed E-state index contributed by atoms with van der Waals surface area (Å²) in [7, 11) is 0. The predicted octanol–water partition coefficient (Wildman–Crippen LogP) is 5.54. The molecule has 168 valence electrons. The van der Waals surface area contributed by atoms with Crippen molar-refractivity contribution in [1.29, 1.82) is 0 Å². The van der Waals surface area contributed by atoms with Crippen LogP contribution in [0.5, 0.6) is 5.75 Å². The summed E-state index contributed by atoms with van der Waals surface area (Å²) in [4.78, 5) is 15.6. The lowest BCUT2D eigenvalue weighted by Crippen LogP contribution is -2.42. The molecule has 2 aliphatic heterocycles. The fourth-order valence-corrected chi connectivity index (χ4v) is 5.52. The van der Waals surface area contributed by atoms with Crippen LogP contribution in [0.25, 0.3) is 0 Å². The number of anilines is 2. The van der Waals surface area contributed by atoms with Gasteiger partial charge in [-0.1, -0.05) is 43.2 Å². The number of halogens is 2. The summed E-state index contributed by atoms with van der Waals surface area (Å²) in [6.45, 7) is 0.419. The second-order valence-corrected chi connectivity index (χ2v) is 9.19. The molecule has 1 spiro atoms. The third kappa shape index (κ3) is 3.11. The highest BCUT2D eigenvalue weighted by atomic mass is 19.2. The van der Waals surface area contributed by atoms with Crippen molar-refractivity contribution in [3.05, 3.63) is 89.0 Å². The second-order valence-electron chi connectivity index (χ2n) is 9.19. The van der Waals surface area contributed by atoms with Gasteiger partial charge in [0.05, 0.1) is 6.54 Å². The van der Waals surface area contributed by atoms with Crippen molar-refractivity contribution < 1.29 is 18.3 Å². The van der Waals surface area contributed by atoms with E-state index in [0.29, 0.717) is 18.2 Å². The van der Waals surface area contributed by atoms with Gasteiger partial charge >= 0.3 is 0 Å². The zero-order valence-electron chi connectivity index (χ0n) is 18.1. The van der Waals surface area contributed by atoms with Crippen LogP contribution in [0, 0.1) is 11.6 Å². The van der Waals surface area contributed by atoms with Crippen LogP contribution in [-0.2, 0) is 16.8 Å². The van der Waals surface area contributed by atoms with Gasteiger partial charge in [-0.05, 0) is 48.2 Å². The van der Waals surface area contributed by atoms with Crippen molar-refractivity contribution in [3.63, 3.8) is 0 Å². The standard InChI is InChI=1S/C27H24F2N2O2/c28-22-13-21-25(14-23(22)29)33-16-27(21)20-7-3-4-8-24(20)31(26(27)32)15-17-9-11-19(12-10-17)30-18-5-1-2-6-18/h3-4,7-14,18,30H,1-2,5-6,15-16H2. The SMILES string of the molecule is O=C1N(Cc2ccc(NC3CCCC3)cc2)c2ccccc2C12COc1cc(F)c(F)cc12. The predicted molar refractivity (Wildman–Crippen MR) is 123 cm³/mol. The average Bonchev–Trinajstić information content (AvgIpc) is 3.52. The molecule has 6 rings (SSSR count). The van der Waals surface area contributed by atoms with Gasteiger partial charge in [-0.3, -0.25) is 4.79 Å². The number of fused-ring (bicyclic) bond motifs is 4. The van der Waals surface area contributed by atoms with Crippen LogP contribution in [0.2, 0.25) is 0 Å². The van der Waals surface area contributed by atoms with Crippen LogP contribution in [-0.4, -0.2) is 18.6 Å². The molecule has 1 saturated carbocycles. The zero-order valence-corrected chi connectivity index (χ0v) is 18.1. The lowest BCUT2D eigenvalue weighted by atomic mass is 9.77. The molecule has 0 saturated heterocycles. The summed E-state index contributed by atoms with van der Waals surface area (Å²) in [6.07, 6.45) is 4.96. The molecule has 0 radical (unpaired) electrons. The lowest BCUT2D eigenvalue weighted by molar-refractivity contribution is -0.122. The summed E-state index contributed by atoms with van der Waals surface area (Å²) in [5.41, 5.74) is 2.85. The molecule has 1 fully saturated rings. The third-order valence-electron chi connectivity index (χ3n) is 7.21. The topological polar surface area (TPSA) is 41.6 Å². The molecule has 1 atom stereocenters. The maximum absolute atomic E-state index is 14.2. The van der Waals surface area contributed by atoms with Gasteiger partial charge in [0.25, 0.3) is 0 Å². The Kier molecular flexibility index (Phi) is 4.64. The van der Waals surface area contributed by atoms with Gasteiger partial charge in [0, 0.05) is 29.0 Å². The Balaban J connectivity index is 1.33. The normalized spacial score (nSPS) is 21.4. The van der Waals surface area contributed by atoms with E-state index in [1.807, 2.05) is 36.4 Å². The minimum absolute atomic E-state index is 0.0296. The monoisotopic (exact) mass is 446 g/mol. The van der Waals surface area contributed by atoms with Gasteiger partial charge in [-0.2, -0.15) is 0 Å². The fraction of sp³-hybridized carbons (Fsp3) is 0.296. The number of benzene rings is 3. The molecule has 1 aliphatic carbocycles. The number of ether oxygens (including phenoxy) is 1. The number of nitrogens with one attached hydrogen (secondary N) is 1. The van der Waals surface area contributed by atoms with Crippen LogP contribution < -0.4 is 15.0 Å². The van der Waals surface area contributed by atoms with Gasteiger partial charge in [-0.15, -0.1) is 0 Å². The Morgan fingerprint density at radius 2 is 1.70 bits per heavy atom. The fourth-order valence-electron chi connectivity index (χ4n) is 5.52. The van der Waals surface area contributed by atoms with E-state index < -0.39 is 17.0 Å². The van der Waals surface area contributed by atoms with Crippen LogP contribution in [0.1, 0.15) is 42.4 Å². The van der Waals surface area contributed by atoms with E-state index in [2.05, 4.69) is 17.4 Å². The van der Waals surface area contributed by atoms with E-state index in [9.17, 15) is 13.6 Å². The summed E-state index contributed by atoms with van der Waals surface area (Å²) in [6, 6.07) is 18.4. The molecule has 1 unspecified atom stereocenters. The number of hydrogen-bond donors (Lipinski definition) is 1. The Labute approximate surface area is 191 Å². The van der Waals surface area contributed by atoms with Crippen LogP contribution in [0.3, 0.4) is 0 Å². The summed E-state index contributed by atoms with van der Waals surface area (Å²) >= 11 is 0. The van der Waals surface area contributed by atoms with E-state index in [1.165, 1.54) is 25.7 Å². The van der Waals surface area contributed by atoms with Crippen molar-refractivity contribution in [2.75, 3.05) is 16.8 Å². The van der Waals surface area contributed by atoms with Gasteiger partial charge in [0.2, 0.25) is 5.91 Å². The summed E-state index contributed by atoms with van der Waals surface area (Å²) < 4.78 is 33.7. The maximum atomic E-state index is 14.2. The van der Waals surface area contributed by atoms with Gasteiger partial charge in [-0.25, -0.2) is 8.78 Å².